The van der Waals surface area contributed by atoms with Crippen LogP contribution >= 0.6 is 11.3 Å². The van der Waals surface area contributed by atoms with Crippen molar-refractivity contribution in [1.82, 2.24) is 4.90 Å². The van der Waals surface area contributed by atoms with E-state index in [2.05, 4.69) is 18.3 Å². The quantitative estimate of drug-likeness (QED) is 0.766. The van der Waals surface area contributed by atoms with E-state index in [1.54, 1.807) is 11.3 Å². The lowest BCUT2D eigenvalue weighted by Gasteiger charge is -2.21. The number of aryl methyl sites for hydroxylation is 1. The lowest BCUT2D eigenvalue weighted by atomic mass is 10.1. The second-order valence-corrected chi connectivity index (χ2v) is 5.79. The van der Waals surface area contributed by atoms with E-state index < -0.39 is 0 Å². The number of amides is 2. The fourth-order valence-corrected chi connectivity index (χ4v) is 3.09. The Kier molecular flexibility index (Phi) is 5.94. The number of hydrogen-bond acceptors (Lipinski definition) is 4. The minimum Gasteiger partial charge on any atom is -0.395 e. The molecule has 2 amide bonds. The standard InChI is InChI=1S/C16H20N2O3S/c1-12-5-10-22-15(12)13-3-2-4-14(11-13)17-16(21)18(6-8-19)7-9-20/h2-5,10-11,19-20H,6-9H2,1H3,(H,17,21). The normalized spacial score (nSPS) is 10.5. The average molecular weight is 320 g/mol. The van der Waals surface area contributed by atoms with Crippen LogP contribution in [0.4, 0.5) is 10.5 Å². The summed E-state index contributed by atoms with van der Waals surface area (Å²) in [6.07, 6.45) is 0. The predicted molar refractivity (Wildman–Crippen MR) is 89.3 cm³/mol. The topological polar surface area (TPSA) is 72.8 Å². The van der Waals surface area contributed by atoms with E-state index >= 15 is 0 Å². The Morgan fingerprint density at radius 3 is 2.55 bits per heavy atom. The van der Waals surface area contributed by atoms with Crippen LogP contribution in [-0.4, -0.2) is 47.4 Å². The fraction of sp³-hybridized carbons (Fsp3) is 0.312. The second kappa shape index (κ2) is 7.93. The molecule has 3 N–H and O–H groups in total. The molecular formula is C16H20N2O3S. The van der Waals surface area contributed by atoms with Crippen LogP contribution in [0, 0.1) is 6.92 Å². The molecule has 2 rings (SSSR count). The summed E-state index contributed by atoms with van der Waals surface area (Å²) in [5.41, 5.74) is 2.95. The van der Waals surface area contributed by atoms with E-state index in [9.17, 15) is 4.79 Å². The molecule has 0 unspecified atom stereocenters. The Morgan fingerprint density at radius 1 is 1.23 bits per heavy atom. The smallest absolute Gasteiger partial charge is 0.321 e. The highest BCUT2D eigenvalue weighted by molar-refractivity contribution is 7.13. The number of thiophene rings is 1. The summed E-state index contributed by atoms with van der Waals surface area (Å²) in [5, 5.41) is 22.8. The number of anilines is 1. The van der Waals surface area contributed by atoms with Gasteiger partial charge in [0.15, 0.2) is 0 Å². The zero-order valence-electron chi connectivity index (χ0n) is 12.5. The maximum absolute atomic E-state index is 12.2. The molecule has 0 fully saturated rings. The number of nitrogens with zero attached hydrogens (tertiary/aromatic N) is 1. The van der Waals surface area contributed by atoms with Crippen LogP contribution in [0.25, 0.3) is 10.4 Å². The third-order valence-corrected chi connectivity index (χ3v) is 4.33. The molecule has 0 atom stereocenters. The van der Waals surface area contributed by atoms with E-state index in [4.69, 9.17) is 10.2 Å². The molecule has 6 heteroatoms. The van der Waals surface area contributed by atoms with Crippen molar-refractivity contribution >= 4 is 23.1 Å². The average Bonchev–Trinajstić information content (AvgIpc) is 2.93. The first-order valence-corrected chi connectivity index (χ1v) is 7.96. The molecule has 1 heterocycles. The van der Waals surface area contributed by atoms with Gasteiger partial charge in [-0.2, -0.15) is 0 Å². The fourth-order valence-electron chi connectivity index (χ4n) is 2.17. The summed E-state index contributed by atoms with van der Waals surface area (Å²) in [6, 6.07) is 9.38. The molecule has 1 aromatic carbocycles. The first kappa shape index (κ1) is 16.5. The van der Waals surface area contributed by atoms with Gasteiger partial charge in [-0.1, -0.05) is 12.1 Å². The number of hydrogen-bond donors (Lipinski definition) is 3. The van der Waals surface area contributed by atoms with Gasteiger partial charge in [-0.25, -0.2) is 4.79 Å². The SMILES string of the molecule is Cc1ccsc1-c1cccc(NC(=O)N(CCO)CCO)c1. The Morgan fingerprint density at radius 2 is 1.95 bits per heavy atom. The molecule has 1 aromatic heterocycles. The third kappa shape index (κ3) is 4.07. The number of nitrogens with one attached hydrogen (secondary N) is 1. The molecule has 0 saturated carbocycles. The largest absolute Gasteiger partial charge is 0.395 e. The summed E-state index contributed by atoms with van der Waals surface area (Å²) < 4.78 is 0. The zero-order chi connectivity index (χ0) is 15.9. The monoisotopic (exact) mass is 320 g/mol. The van der Waals surface area contributed by atoms with Crippen LogP contribution < -0.4 is 5.32 Å². The van der Waals surface area contributed by atoms with Crippen molar-refractivity contribution in [3.8, 4) is 10.4 Å². The summed E-state index contributed by atoms with van der Waals surface area (Å²) in [5.74, 6) is 0. The number of carbonyl (C=O) groups is 1. The van der Waals surface area contributed by atoms with E-state index in [0.29, 0.717) is 5.69 Å². The molecular weight excluding hydrogens is 300 g/mol. The van der Waals surface area contributed by atoms with E-state index in [1.807, 2.05) is 29.6 Å². The van der Waals surface area contributed by atoms with Crippen LogP contribution in [0.5, 0.6) is 0 Å². The van der Waals surface area contributed by atoms with E-state index in [1.165, 1.54) is 15.3 Å². The van der Waals surface area contributed by atoms with Crippen LogP contribution in [0.2, 0.25) is 0 Å². The van der Waals surface area contributed by atoms with Crippen molar-refractivity contribution in [3.63, 3.8) is 0 Å². The second-order valence-electron chi connectivity index (χ2n) is 4.88. The summed E-state index contributed by atoms with van der Waals surface area (Å²) in [4.78, 5) is 14.7. The molecule has 2 aromatic rings. The maximum atomic E-state index is 12.2. The highest BCUT2D eigenvalue weighted by Crippen LogP contribution is 2.30. The highest BCUT2D eigenvalue weighted by atomic mass is 32.1. The third-order valence-electron chi connectivity index (χ3n) is 3.27. The van der Waals surface area contributed by atoms with Gasteiger partial charge in [0.1, 0.15) is 0 Å². The van der Waals surface area contributed by atoms with Gasteiger partial charge >= 0.3 is 6.03 Å². The maximum Gasteiger partial charge on any atom is 0.321 e. The molecule has 0 aliphatic carbocycles. The number of aliphatic hydroxyl groups is 2. The first-order chi connectivity index (χ1) is 10.7. The number of carbonyl (C=O) groups excluding carboxylic acids is 1. The molecule has 0 saturated heterocycles. The number of benzene rings is 1. The summed E-state index contributed by atoms with van der Waals surface area (Å²) >= 11 is 1.66. The van der Waals surface area contributed by atoms with Crippen molar-refractivity contribution < 1.29 is 15.0 Å². The van der Waals surface area contributed by atoms with Gasteiger partial charge in [-0.15, -0.1) is 11.3 Å². The lowest BCUT2D eigenvalue weighted by Crippen LogP contribution is -2.38. The van der Waals surface area contributed by atoms with Gasteiger partial charge in [-0.05, 0) is 41.6 Å². The van der Waals surface area contributed by atoms with Crippen molar-refractivity contribution in [2.24, 2.45) is 0 Å². The van der Waals surface area contributed by atoms with Crippen LogP contribution in [0.15, 0.2) is 35.7 Å². The summed E-state index contributed by atoms with van der Waals surface area (Å²) in [6.45, 7) is 2.16. The number of rotatable bonds is 6. The Labute approximate surface area is 133 Å². The Balaban J connectivity index is 2.13. The lowest BCUT2D eigenvalue weighted by molar-refractivity contribution is 0.167. The number of aliphatic hydroxyl groups excluding tert-OH is 2. The molecule has 5 nitrogen and oxygen atoms in total. The van der Waals surface area contributed by atoms with E-state index in [-0.39, 0.29) is 32.3 Å². The van der Waals surface area contributed by atoms with Crippen LogP contribution in [-0.2, 0) is 0 Å². The molecule has 118 valence electrons. The van der Waals surface area contributed by atoms with Gasteiger partial charge < -0.3 is 20.4 Å². The summed E-state index contributed by atoms with van der Waals surface area (Å²) in [7, 11) is 0. The van der Waals surface area contributed by atoms with Crippen molar-refractivity contribution in [2.45, 2.75) is 6.92 Å². The Bertz CT molecular complexity index is 621. The Hall–Kier alpha value is -1.89. The molecule has 0 radical (unpaired) electrons. The van der Waals surface area contributed by atoms with Gasteiger partial charge in [0.05, 0.1) is 13.2 Å². The highest BCUT2D eigenvalue weighted by Gasteiger charge is 2.13. The van der Waals surface area contributed by atoms with Crippen molar-refractivity contribution in [3.05, 3.63) is 41.3 Å². The van der Waals surface area contributed by atoms with Gasteiger partial charge in [0.25, 0.3) is 0 Å². The molecule has 0 spiro atoms. The molecule has 0 bridgehead atoms. The van der Waals surface area contributed by atoms with E-state index in [0.717, 1.165) is 5.56 Å². The van der Waals surface area contributed by atoms with Crippen molar-refractivity contribution in [2.75, 3.05) is 31.6 Å². The number of urea groups is 1. The minimum absolute atomic E-state index is 0.137. The van der Waals surface area contributed by atoms with Crippen LogP contribution in [0.1, 0.15) is 5.56 Å². The molecule has 0 aliphatic heterocycles. The van der Waals surface area contributed by atoms with Gasteiger partial charge in [0, 0.05) is 23.7 Å². The molecule has 0 aliphatic rings. The van der Waals surface area contributed by atoms with Crippen LogP contribution in [0.3, 0.4) is 0 Å². The van der Waals surface area contributed by atoms with Crippen molar-refractivity contribution in [1.29, 1.82) is 0 Å². The van der Waals surface area contributed by atoms with Gasteiger partial charge in [-0.3, -0.25) is 0 Å². The molecule has 22 heavy (non-hydrogen) atoms. The minimum atomic E-state index is -0.330. The van der Waals surface area contributed by atoms with Gasteiger partial charge in [0.2, 0.25) is 0 Å². The first-order valence-electron chi connectivity index (χ1n) is 7.08. The zero-order valence-corrected chi connectivity index (χ0v) is 13.3. The predicted octanol–water partition coefficient (Wildman–Crippen LogP) is 2.54.